The molecular formula is C15H17N3O3. The molecule has 0 bridgehead atoms. The zero-order chi connectivity index (χ0) is 15.2. The van der Waals surface area contributed by atoms with Crippen LogP contribution in [0, 0.1) is 17.2 Å². The third-order valence-electron chi connectivity index (χ3n) is 3.52. The number of benzene rings is 1. The molecule has 1 heterocycles. The fourth-order valence-electron chi connectivity index (χ4n) is 2.28. The van der Waals surface area contributed by atoms with Gasteiger partial charge in [-0.1, -0.05) is 18.2 Å². The molecule has 0 saturated carbocycles. The van der Waals surface area contributed by atoms with E-state index in [0.717, 1.165) is 0 Å². The average Bonchev–Trinajstić information content (AvgIpc) is 3.01. The minimum Gasteiger partial charge on any atom is -0.381 e. The molecule has 1 aromatic carbocycles. The largest absolute Gasteiger partial charge is 0.381 e. The number of ether oxygens (including phenoxy) is 1. The molecule has 1 saturated heterocycles. The van der Waals surface area contributed by atoms with Crippen LogP contribution in [0.3, 0.4) is 0 Å². The lowest BCUT2D eigenvalue weighted by molar-refractivity contribution is -0.129. The van der Waals surface area contributed by atoms with Gasteiger partial charge in [-0.25, -0.2) is 0 Å². The first-order valence-electron chi connectivity index (χ1n) is 6.77. The molecule has 110 valence electrons. The Hall–Kier alpha value is -2.39. The van der Waals surface area contributed by atoms with Gasteiger partial charge in [-0.15, -0.1) is 0 Å². The smallest absolute Gasteiger partial charge is 0.240 e. The van der Waals surface area contributed by atoms with Crippen LogP contribution in [0.4, 0.5) is 0 Å². The summed E-state index contributed by atoms with van der Waals surface area (Å²) in [7, 11) is 0. The molecule has 6 heteroatoms. The number of hydrogen-bond donors (Lipinski definition) is 2. The van der Waals surface area contributed by atoms with E-state index in [9.17, 15) is 9.59 Å². The number of amides is 2. The lowest BCUT2D eigenvalue weighted by Gasteiger charge is -2.18. The monoisotopic (exact) mass is 287 g/mol. The maximum atomic E-state index is 12.0. The summed E-state index contributed by atoms with van der Waals surface area (Å²) in [5.74, 6) is -1.08. The predicted molar refractivity (Wildman–Crippen MR) is 74.9 cm³/mol. The fraction of sp³-hybridized carbons (Fsp3) is 0.400. The standard InChI is InChI=1S/C15H17N3O3/c16-8-11-4-2-1-3-10(11)7-13(14(17)19)18-15(20)12-5-6-21-9-12/h1-4,12-13H,5-7,9H2,(H2,17,19)(H,18,20)/t12-,13+/m0/s1. The van der Waals surface area contributed by atoms with Crippen LogP contribution >= 0.6 is 0 Å². The number of nitrogens with zero attached hydrogens (tertiary/aromatic N) is 1. The first-order valence-corrected chi connectivity index (χ1v) is 6.77. The molecule has 0 unspecified atom stereocenters. The number of nitrogens with one attached hydrogen (secondary N) is 1. The highest BCUT2D eigenvalue weighted by atomic mass is 16.5. The van der Waals surface area contributed by atoms with Crippen LogP contribution in [-0.4, -0.2) is 31.1 Å². The molecule has 21 heavy (non-hydrogen) atoms. The van der Waals surface area contributed by atoms with Gasteiger partial charge in [-0.2, -0.15) is 5.26 Å². The summed E-state index contributed by atoms with van der Waals surface area (Å²) in [6, 6.07) is 8.18. The molecule has 1 aromatic rings. The zero-order valence-corrected chi connectivity index (χ0v) is 11.5. The van der Waals surface area contributed by atoms with Crippen molar-refractivity contribution in [2.75, 3.05) is 13.2 Å². The van der Waals surface area contributed by atoms with Crippen molar-refractivity contribution < 1.29 is 14.3 Å². The lowest BCUT2D eigenvalue weighted by Crippen LogP contribution is -2.48. The summed E-state index contributed by atoms with van der Waals surface area (Å²) in [5.41, 5.74) is 6.52. The number of primary amides is 1. The van der Waals surface area contributed by atoms with Crippen LogP contribution in [-0.2, 0) is 20.7 Å². The normalized spacial score (nSPS) is 18.7. The number of carbonyl (C=O) groups is 2. The summed E-state index contributed by atoms with van der Waals surface area (Å²) in [6.07, 6.45) is 0.852. The summed E-state index contributed by atoms with van der Waals surface area (Å²) in [6.45, 7) is 0.919. The number of rotatable bonds is 5. The topological polar surface area (TPSA) is 105 Å². The number of carbonyl (C=O) groups excluding carboxylic acids is 2. The molecule has 2 amide bonds. The first kappa shape index (κ1) is 15.0. The molecule has 1 fully saturated rings. The Kier molecular flexibility index (Phi) is 4.90. The number of nitriles is 1. The van der Waals surface area contributed by atoms with Crippen LogP contribution in [0.5, 0.6) is 0 Å². The van der Waals surface area contributed by atoms with Crippen molar-refractivity contribution in [2.24, 2.45) is 11.7 Å². The first-order chi connectivity index (χ1) is 10.1. The molecule has 2 rings (SSSR count). The van der Waals surface area contributed by atoms with E-state index in [1.165, 1.54) is 0 Å². The molecule has 1 aliphatic rings. The van der Waals surface area contributed by atoms with Crippen molar-refractivity contribution in [1.29, 1.82) is 5.26 Å². The summed E-state index contributed by atoms with van der Waals surface area (Å²) in [4.78, 5) is 23.6. The van der Waals surface area contributed by atoms with E-state index in [1.807, 2.05) is 0 Å². The highest BCUT2D eigenvalue weighted by molar-refractivity contribution is 5.88. The number of hydrogen-bond acceptors (Lipinski definition) is 4. The van der Waals surface area contributed by atoms with Crippen molar-refractivity contribution in [3.05, 3.63) is 35.4 Å². The highest BCUT2D eigenvalue weighted by Crippen LogP contribution is 2.14. The predicted octanol–water partition coefficient (Wildman–Crippen LogP) is 0.107. The molecule has 3 N–H and O–H groups in total. The maximum Gasteiger partial charge on any atom is 0.240 e. The van der Waals surface area contributed by atoms with Crippen molar-refractivity contribution in [1.82, 2.24) is 5.32 Å². The van der Waals surface area contributed by atoms with Gasteiger partial charge in [0.05, 0.1) is 24.2 Å². The third-order valence-corrected chi connectivity index (χ3v) is 3.52. The van der Waals surface area contributed by atoms with Crippen LogP contribution in [0.25, 0.3) is 0 Å². The van der Waals surface area contributed by atoms with E-state index in [0.29, 0.717) is 30.8 Å². The Morgan fingerprint density at radius 2 is 2.24 bits per heavy atom. The average molecular weight is 287 g/mol. The molecular weight excluding hydrogens is 270 g/mol. The zero-order valence-electron chi connectivity index (χ0n) is 11.5. The quantitative estimate of drug-likeness (QED) is 0.801. The van der Waals surface area contributed by atoms with Gasteiger partial charge in [0, 0.05) is 13.0 Å². The number of nitrogens with two attached hydrogens (primary N) is 1. The second-order valence-electron chi connectivity index (χ2n) is 5.00. The maximum absolute atomic E-state index is 12.0. The Bertz CT molecular complexity index is 574. The summed E-state index contributed by atoms with van der Waals surface area (Å²) in [5, 5.41) is 11.7. The lowest BCUT2D eigenvalue weighted by atomic mass is 9.99. The Morgan fingerprint density at radius 1 is 1.48 bits per heavy atom. The second kappa shape index (κ2) is 6.86. The SMILES string of the molecule is N#Cc1ccccc1C[C@@H](NC(=O)[C@H]1CCOC1)C(N)=O. The Labute approximate surface area is 122 Å². The van der Waals surface area contributed by atoms with Crippen molar-refractivity contribution >= 4 is 11.8 Å². The van der Waals surface area contributed by atoms with E-state index in [2.05, 4.69) is 11.4 Å². The minimum absolute atomic E-state index is 0.207. The van der Waals surface area contributed by atoms with Gasteiger partial charge < -0.3 is 15.8 Å². The molecule has 0 aromatic heterocycles. The van der Waals surface area contributed by atoms with Gasteiger partial charge in [0.1, 0.15) is 6.04 Å². The van der Waals surface area contributed by atoms with Crippen LogP contribution in [0.2, 0.25) is 0 Å². The molecule has 2 atom stereocenters. The molecule has 0 radical (unpaired) electrons. The van der Waals surface area contributed by atoms with E-state index >= 15 is 0 Å². The van der Waals surface area contributed by atoms with Gasteiger partial charge in [0.2, 0.25) is 11.8 Å². The van der Waals surface area contributed by atoms with Gasteiger partial charge >= 0.3 is 0 Å². The van der Waals surface area contributed by atoms with Crippen molar-refractivity contribution in [2.45, 2.75) is 18.9 Å². The molecule has 6 nitrogen and oxygen atoms in total. The van der Waals surface area contributed by atoms with Crippen molar-refractivity contribution in [3.63, 3.8) is 0 Å². The van der Waals surface area contributed by atoms with E-state index in [4.69, 9.17) is 15.7 Å². The molecule has 0 aliphatic carbocycles. The van der Waals surface area contributed by atoms with E-state index in [-0.39, 0.29) is 18.2 Å². The van der Waals surface area contributed by atoms with Crippen LogP contribution < -0.4 is 11.1 Å². The van der Waals surface area contributed by atoms with Crippen molar-refractivity contribution in [3.8, 4) is 6.07 Å². The van der Waals surface area contributed by atoms with Crippen LogP contribution in [0.1, 0.15) is 17.5 Å². The summed E-state index contributed by atoms with van der Waals surface area (Å²) >= 11 is 0. The Morgan fingerprint density at radius 3 is 2.86 bits per heavy atom. The van der Waals surface area contributed by atoms with Gasteiger partial charge in [-0.3, -0.25) is 9.59 Å². The van der Waals surface area contributed by atoms with Gasteiger partial charge in [0.25, 0.3) is 0 Å². The van der Waals surface area contributed by atoms with E-state index in [1.54, 1.807) is 24.3 Å². The van der Waals surface area contributed by atoms with Gasteiger partial charge in [-0.05, 0) is 18.1 Å². The summed E-state index contributed by atoms with van der Waals surface area (Å²) < 4.78 is 5.15. The molecule has 1 aliphatic heterocycles. The van der Waals surface area contributed by atoms with Gasteiger partial charge in [0.15, 0.2) is 0 Å². The third kappa shape index (κ3) is 3.80. The minimum atomic E-state index is -0.826. The molecule has 0 spiro atoms. The second-order valence-corrected chi connectivity index (χ2v) is 5.00. The fourth-order valence-corrected chi connectivity index (χ4v) is 2.28. The van der Waals surface area contributed by atoms with Crippen LogP contribution in [0.15, 0.2) is 24.3 Å². The van der Waals surface area contributed by atoms with E-state index < -0.39 is 11.9 Å². The highest BCUT2D eigenvalue weighted by Gasteiger charge is 2.27. The Balaban J connectivity index is 2.07.